The molecule has 0 aliphatic heterocycles. The van der Waals surface area contributed by atoms with E-state index in [1.54, 1.807) is 36.4 Å². The number of hydrogen-bond acceptors (Lipinski definition) is 13. The second-order valence-corrected chi connectivity index (χ2v) is 13.4. The van der Waals surface area contributed by atoms with Crippen molar-refractivity contribution < 1.29 is 168 Å². The minimum Gasteiger partial charge on any atom is -1.00 e. The van der Waals surface area contributed by atoms with Crippen molar-refractivity contribution >= 4 is 18.1 Å². The Balaban J connectivity index is -0.000000824. The van der Waals surface area contributed by atoms with Crippen LogP contribution in [0, 0.1) is 0 Å². The molecule has 0 aliphatic rings. The molecule has 4 rings (SSSR count). The van der Waals surface area contributed by atoms with Crippen LogP contribution in [0.3, 0.4) is 0 Å². The third kappa shape index (κ3) is 26.2. The Kier molecular flexibility index (Phi) is 36.9. The second kappa shape index (κ2) is 36.3. The molecule has 0 amide bonds. The molecule has 318 valence electrons. The van der Waals surface area contributed by atoms with Gasteiger partial charge in [-0.15, -0.1) is 11.6 Å². The van der Waals surface area contributed by atoms with Gasteiger partial charge in [0.2, 0.25) is 0 Å². The number of halogens is 1. The molecule has 4 aromatic rings. The van der Waals surface area contributed by atoms with E-state index < -0.39 is 0 Å². The third-order valence-corrected chi connectivity index (χ3v) is 8.47. The Morgan fingerprint density at radius 3 is 1.08 bits per heavy atom. The number of aliphatic hydroxyl groups is 2. The van der Waals surface area contributed by atoms with Crippen LogP contribution in [-0.2, 0) is 39.5 Å². The molecule has 13 nitrogen and oxygen atoms in total. The first-order valence-corrected chi connectivity index (χ1v) is 18.8. The second-order valence-electron chi connectivity index (χ2n) is 13.0. The number of carbonyl (C=O) groups is 1. The largest absolute Gasteiger partial charge is 1.00 e. The molecule has 0 bridgehead atoms. The number of phenols is 3. The molecule has 59 heavy (non-hydrogen) atoms. The predicted octanol–water partition coefficient (Wildman–Crippen LogP) is -0.648. The van der Waals surface area contributed by atoms with E-state index in [0.29, 0.717) is 65.3 Å². The Bertz CT molecular complexity index is 1530. The van der Waals surface area contributed by atoms with Crippen LogP contribution in [0.2, 0.25) is 0 Å². The van der Waals surface area contributed by atoms with Crippen molar-refractivity contribution in [2.45, 2.75) is 38.5 Å². The number of phenolic OH excluding ortho intramolecular Hbond substituents is 3. The molecule has 0 fully saturated rings. The first kappa shape index (κ1) is 59.9. The minimum atomic E-state index is -0.181. The summed E-state index contributed by atoms with van der Waals surface area (Å²) in [7, 11) is 0. The molecule has 0 unspecified atom stereocenters. The average molecular weight is 898 g/mol. The monoisotopic (exact) mass is 896 g/mol. The van der Waals surface area contributed by atoms with E-state index >= 15 is 0 Å². The molecule has 0 heterocycles. The molecule has 0 saturated carbocycles. The van der Waals surface area contributed by atoms with Gasteiger partial charge in [-0.1, -0.05) is 76.2 Å². The molecule has 0 aliphatic carbocycles. The topological polar surface area (TPSA) is 197 Å². The van der Waals surface area contributed by atoms with Crippen molar-refractivity contribution in [1.29, 1.82) is 0 Å². The van der Waals surface area contributed by atoms with Gasteiger partial charge >= 0.3 is 103 Å². The normalized spacial score (nSPS) is 10.4. The fourth-order valence-corrected chi connectivity index (χ4v) is 5.09. The van der Waals surface area contributed by atoms with Gasteiger partial charge in [0.05, 0.1) is 66.1 Å². The number of aliphatic hydroxyl groups excluding tert-OH is 2. The summed E-state index contributed by atoms with van der Waals surface area (Å²) < 4.78 is 26.1. The van der Waals surface area contributed by atoms with Crippen LogP contribution < -0.4 is 113 Å². The molecular weight excluding hydrogens is 838 g/mol. The average Bonchev–Trinajstić information content (AvgIpc) is 3.21. The van der Waals surface area contributed by atoms with E-state index in [0.717, 1.165) is 22.4 Å². The van der Waals surface area contributed by atoms with Crippen molar-refractivity contribution in [3.63, 3.8) is 0 Å². The smallest absolute Gasteiger partial charge is 1.00 e. The fourth-order valence-electron chi connectivity index (χ4n) is 4.98. The Hall–Kier alpha value is -1.17. The predicted molar refractivity (Wildman–Crippen MR) is 217 cm³/mol. The van der Waals surface area contributed by atoms with Gasteiger partial charge in [0.15, 0.2) is 0 Å². The number of aromatic hydroxyl groups is 3. The molecule has 0 aromatic heterocycles. The zero-order valence-corrected chi connectivity index (χ0v) is 42.2. The summed E-state index contributed by atoms with van der Waals surface area (Å²) in [4.78, 5) is 11.2. The SMILES string of the molecule is CC(C)(c1ccc(O)cc1)c1ccc(O)cc1.CC(C)(c1ccc(O)cc1)c1ccc(OCCOCCOCCO)cc1.O=CO[O-].OCCOCCOCCCl.[H-].[K+].[K+]. The third-order valence-electron chi connectivity index (χ3n) is 8.32. The summed E-state index contributed by atoms with van der Waals surface area (Å²) in [6, 6.07) is 29.8. The summed E-state index contributed by atoms with van der Waals surface area (Å²) in [5, 5.41) is 53.3. The van der Waals surface area contributed by atoms with Gasteiger partial charge in [0.25, 0.3) is 6.47 Å². The van der Waals surface area contributed by atoms with Gasteiger partial charge in [-0.25, -0.2) is 0 Å². The quantitative estimate of drug-likeness (QED) is 0.0177. The van der Waals surface area contributed by atoms with Gasteiger partial charge in [0.1, 0.15) is 29.6 Å². The van der Waals surface area contributed by atoms with E-state index in [9.17, 15) is 15.3 Å². The number of rotatable bonds is 21. The van der Waals surface area contributed by atoms with Crippen LogP contribution in [0.15, 0.2) is 97.1 Å². The van der Waals surface area contributed by atoms with Crippen LogP contribution >= 0.6 is 11.6 Å². The Morgan fingerprint density at radius 2 is 0.797 bits per heavy atom. The number of benzene rings is 4. The maximum Gasteiger partial charge on any atom is 1.00 e. The van der Waals surface area contributed by atoms with Crippen molar-refractivity contribution in [2.75, 3.05) is 78.6 Å². The number of ether oxygens (including phenoxy) is 5. The standard InChI is InChI=1S/C21H28O5.C15H16O2.C6H13ClO3.CH2O3.2K.H/c1-21(2,17-3-7-19(23)8-4-17)18-5-9-20(10-6-18)26-16-15-25-14-13-24-12-11-22;1-15(2,11-3-7-13(16)8-4-11)12-5-9-14(17)10-6-12;7-1-3-9-5-6-10-4-2-8;2-1-4-3;;;/h3-10,22-23H,11-16H2,1-2H3;3-10,16-17H,1-2H3;8H,1-6H2;1,3H;;;/q;;;;2*+1;-1/p-1. The van der Waals surface area contributed by atoms with Gasteiger partial charge in [-0.3, -0.25) is 4.79 Å². The Morgan fingerprint density at radius 1 is 0.525 bits per heavy atom. The molecule has 0 radical (unpaired) electrons. The van der Waals surface area contributed by atoms with Gasteiger partial charge < -0.3 is 60.8 Å². The maximum atomic E-state index is 9.46. The minimum absolute atomic E-state index is 0. The zero-order valence-electron chi connectivity index (χ0n) is 36.2. The summed E-state index contributed by atoms with van der Waals surface area (Å²) in [6.07, 6.45) is 0. The van der Waals surface area contributed by atoms with Crippen molar-refractivity contribution in [2.24, 2.45) is 0 Å². The molecule has 16 heteroatoms. The molecule has 0 saturated heterocycles. The van der Waals surface area contributed by atoms with Crippen molar-refractivity contribution in [3.05, 3.63) is 119 Å². The number of carbonyl (C=O) groups excluding carboxylic acids is 1. The van der Waals surface area contributed by atoms with Crippen LogP contribution in [-0.4, -0.2) is 111 Å². The zero-order chi connectivity index (χ0) is 42.4. The van der Waals surface area contributed by atoms with Crippen LogP contribution in [0.1, 0.15) is 51.4 Å². The molecule has 0 spiro atoms. The summed E-state index contributed by atoms with van der Waals surface area (Å²) in [6.45, 7) is 12.7. The number of alkyl halides is 1. The fraction of sp³-hybridized carbons (Fsp3) is 0.419. The van der Waals surface area contributed by atoms with Crippen LogP contribution in [0.25, 0.3) is 0 Å². The molecular formula is C43H59ClK2O13. The van der Waals surface area contributed by atoms with Gasteiger partial charge in [0, 0.05) is 16.7 Å². The van der Waals surface area contributed by atoms with E-state index in [1.165, 1.54) is 5.56 Å². The maximum absolute atomic E-state index is 9.46. The summed E-state index contributed by atoms with van der Waals surface area (Å²) >= 11 is 5.34. The number of hydrogen-bond donors (Lipinski definition) is 5. The summed E-state index contributed by atoms with van der Waals surface area (Å²) in [5.74, 6) is 2.14. The van der Waals surface area contributed by atoms with Crippen LogP contribution in [0.4, 0.5) is 0 Å². The van der Waals surface area contributed by atoms with Crippen LogP contribution in [0.5, 0.6) is 23.0 Å². The van der Waals surface area contributed by atoms with Crippen molar-refractivity contribution in [1.82, 2.24) is 0 Å². The first-order chi connectivity index (χ1) is 27.4. The van der Waals surface area contributed by atoms with Gasteiger partial charge in [-0.05, 0) is 70.8 Å². The van der Waals surface area contributed by atoms with E-state index in [1.807, 2.05) is 48.5 Å². The molecule has 0 atom stereocenters. The Labute approximate surface area is 440 Å². The first-order valence-electron chi connectivity index (χ1n) is 18.3. The van der Waals surface area contributed by atoms with E-state index in [-0.39, 0.29) is 152 Å². The van der Waals surface area contributed by atoms with E-state index in [2.05, 4.69) is 44.7 Å². The van der Waals surface area contributed by atoms with E-state index in [4.69, 9.17) is 55.6 Å². The molecule has 4 aromatic carbocycles. The van der Waals surface area contributed by atoms with Crippen molar-refractivity contribution in [3.8, 4) is 23.0 Å². The van der Waals surface area contributed by atoms with Gasteiger partial charge in [-0.2, -0.15) is 0 Å². The molecule has 5 N–H and O–H groups in total. The summed E-state index contributed by atoms with van der Waals surface area (Å²) in [5.41, 5.74) is 4.25.